The number of carbonyl (C=O) groups is 4. The van der Waals surface area contributed by atoms with Crippen LogP contribution in [0.25, 0.3) is 0 Å². The van der Waals surface area contributed by atoms with E-state index >= 15 is 0 Å². The predicted octanol–water partition coefficient (Wildman–Crippen LogP) is -1.40. The Morgan fingerprint density at radius 3 is 1.67 bits per heavy atom. The minimum atomic E-state index is -1.35. The van der Waals surface area contributed by atoms with Gasteiger partial charge in [-0.2, -0.15) is 0 Å². The maximum absolute atomic E-state index is 13.0. The Morgan fingerprint density at radius 2 is 1.20 bits per heavy atom. The van der Waals surface area contributed by atoms with Gasteiger partial charge in [-0.1, -0.05) is 47.5 Å². The van der Waals surface area contributed by atoms with Crippen molar-refractivity contribution in [1.82, 2.24) is 39.8 Å². The van der Waals surface area contributed by atoms with Gasteiger partial charge in [-0.05, 0) is 81.1 Å². The summed E-state index contributed by atoms with van der Waals surface area (Å²) >= 11 is 0. The molecule has 0 radical (unpaired) electrons. The molecule has 0 aliphatic carbocycles. The van der Waals surface area contributed by atoms with Crippen LogP contribution in [0.5, 0.6) is 0 Å². The molecular formula is C38H45N10NaO6. The van der Waals surface area contributed by atoms with E-state index in [4.69, 9.17) is 4.74 Å². The van der Waals surface area contributed by atoms with Crippen LogP contribution < -0.4 is 44.5 Å². The standard InChI is InChI=1S/C20H25N5O3.C18H21N5O3.Na/c1-2-28-20(27)17-14-24(22-21-17)13-15-6-5-7-16(12-15)25-11-10-23-9-4-3-8-18(23)19(25)26;24-17-16-6-1-2-7-21(16)8-9-23(17)14-5-3-4-13(10-14)11-22-12-15(18(25)26)19-20-22;/h5-7,12,14,18H,2-4,8-11,13H2,1H3;3-5,10,12,16H,1-2,6-9,11H2,(H,25,26);/q;;+1/p-1. The van der Waals surface area contributed by atoms with Crippen LogP contribution in [0.4, 0.5) is 11.4 Å². The summed E-state index contributed by atoms with van der Waals surface area (Å²) in [5, 5.41) is 26.0. The number of carboxylic acids is 1. The Morgan fingerprint density at radius 1 is 0.709 bits per heavy atom. The minimum Gasteiger partial charge on any atom is -0.543 e. The van der Waals surface area contributed by atoms with Gasteiger partial charge < -0.3 is 24.4 Å². The number of aromatic nitrogens is 6. The fourth-order valence-corrected chi connectivity index (χ4v) is 7.79. The van der Waals surface area contributed by atoms with Crippen molar-refractivity contribution in [1.29, 1.82) is 0 Å². The summed E-state index contributed by atoms with van der Waals surface area (Å²) in [6.07, 6.45) is 9.38. The fourth-order valence-electron chi connectivity index (χ4n) is 7.79. The normalized spacial score (nSPS) is 20.1. The third kappa shape index (κ3) is 9.50. The van der Waals surface area contributed by atoms with Crippen molar-refractivity contribution < 1.29 is 58.6 Å². The number of nitrogens with zero attached hydrogens (tertiary/aromatic N) is 10. The molecule has 8 rings (SSSR count). The molecule has 0 bridgehead atoms. The first kappa shape index (κ1) is 40.2. The van der Waals surface area contributed by atoms with Crippen molar-refractivity contribution in [2.45, 2.75) is 70.6 Å². The number of hydrogen-bond acceptors (Lipinski definition) is 12. The minimum absolute atomic E-state index is 0. The van der Waals surface area contributed by atoms with E-state index in [1.165, 1.54) is 23.7 Å². The number of carbonyl (C=O) groups excluding carboxylic acids is 4. The second-order valence-corrected chi connectivity index (χ2v) is 14.0. The average molecular weight is 761 g/mol. The molecule has 0 N–H and O–H groups in total. The van der Waals surface area contributed by atoms with Gasteiger partial charge in [-0.25, -0.2) is 14.2 Å². The van der Waals surface area contributed by atoms with Crippen LogP contribution in [-0.4, -0.2) is 121 Å². The maximum Gasteiger partial charge on any atom is 1.00 e. The van der Waals surface area contributed by atoms with Gasteiger partial charge in [0.1, 0.15) is 5.69 Å². The molecule has 0 spiro atoms. The Balaban J connectivity index is 0.000000184. The molecule has 4 aromatic rings. The van der Waals surface area contributed by atoms with Gasteiger partial charge in [0.05, 0.1) is 50.1 Å². The largest absolute Gasteiger partial charge is 1.00 e. The van der Waals surface area contributed by atoms with E-state index in [9.17, 15) is 24.3 Å². The molecule has 16 nitrogen and oxygen atoms in total. The van der Waals surface area contributed by atoms with Crippen LogP contribution in [0.2, 0.25) is 0 Å². The van der Waals surface area contributed by atoms with Crippen LogP contribution in [0.15, 0.2) is 60.9 Å². The molecule has 17 heteroatoms. The third-order valence-electron chi connectivity index (χ3n) is 10.5. The van der Waals surface area contributed by atoms with Crippen LogP contribution >= 0.6 is 0 Å². The number of esters is 1. The summed E-state index contributed by atoms with van der Waals surface area (Å²) in [4.78, 5) is 56.8. The summed E-state index contributed by atoms with van der Waals surface area (Å²) in [6, 6.07) is 15.7. The number of amides is 2. The molecule has 2 amide bonds. The first-order chi connectivity index (χ1) is 26.3. The molecule has 4 aliphatic heterocycles. The van der Waals surface area contributed by atoms with E-state index < -0.39 is 11.9 Å². The fraction of sp³-hybridized carbons (Fsp3) is 0.474. The molecule has 284 valence electrons. The molecule has 2 aromatic carbocycles. The number of ether oxygens (including phenoxy) is 1. The Kier molecular flexibility index (Phi) is 13.5. The molecule has 4 fully saturated rings. The number of rotatable bonds is 9. The van der Waals surface area contributed by atoms with E-state index in [0.717, 1.165) is 80.9 Å². The van der Waals surface area contributed by atoms with Gasteiger partial charge in [0.15, 0.2) is 5.69 Å². The van der Waals surface area contributed by atoms with E-state index in [1.54, 1.807) is 17.8 Å². The molecule has 2 atom stereocenters. The molecule has 2 unspecified atom stereocenters. The first-order valence-corrected chi connectivity index (χ1v) is 18.7. The second kappa shape index (κ2) is 18.4. The van der Waals surface area contributed by atoms with Crippen LogP contribution in [0.3, 0.4) is 0 Å². The summed E-state index contributed by atoms with van der Waals surface area (Å²) in [6.45, 7) is 8.18. The topological polar surface area (TPSA) is 175 Å². The monoisotopic (exact) mass is 760 g/mol. The van der Waals surface area contributed by atoms with Gasteiger partial charge >= 0.3 is 35.5 Å². The van der Waals surface area contributed by atoms with Gasteiger partial charge in [-0.3, -0.25) is 19.4 Å². The summed E-state index contributed by atoms with van der Waals surface area (Å²) in [5.41, 5.74) is 3.72. The average Bonchev–Trinajstić information content (AvgIpc) is 3.86. The van der Waals surface area contributed by atoms with E-state index in [2.05, 4.69) is 30.4 Å². The van der Waals surface area contributed by atoms with Gasteiger partial charge in [0, 0.05) is 37.6 Å². The number of aromatic carboxylic acids is 1. The number of piperazine rings is 2. The van der Waals surface area contributed by atoms with Crippen LogP contribution in [0, 0.1) is 0 Å². The summed E-state index contributed by atoms with van der Waals surface area (Å²) in [7, 11) is 0. The predicted molar refractivity (Wildman–Crippen MR) is 195 cm³/mol. The second-order valence-electron chi connectivity index (χ2n) is 14.0. The Labute approximate surface area is 341 Å². The van der Waals surface area contributed by atoms with E-state index in [1.807, 2.05) is 58.3 Å². The Bertz CT molecular complexity index is 1990. The summed E-state index contributed by atoms with van der Waals surface area (Å²) < 4.78 is 8.00. The van der Waals surface area contributed by atoms with Crippen LogP contribution in [-0.2, 0) is 27.4 Å². The van der Waals surface area contributed by atoms with Gasteiger partial charge in [0.2, 0.25) is 11.8 Å². The zero-order chi connectivity index (χ0) is 37.6. The first-order valence-electron chi connectivity index (χ1n) is 18.7. The van der Waals surface area contributed by atoms with Crippen molar-refractivity contribution in [3.05, 3.63) is 83.4 Å². The number of anilines is 2. The quantitative estimate of drug-likeness (QED) is 0.144. The number of hydrogen-bond donors (Lipinski definition) is 0. The van der Waals surface area contributed by atoms with Crippen molar-refractivity contribution in [3.63, 3.8) is 0 Å². The van der Waals surface area contributed by atoms with Crippen molar-refractivity contribution in [3.8, 4) is 0 Å². The van der Waals surface area contributed by atoms with Crippen molar-refractivity contribution in [2.75, 3.05) is 55.7 Å². The van der Waals surface area contributed by atoms with Gasteiger partial charge in [-0.15, -0.1) is 10.2 Å². The zero-order valence-electron chi connectivity index (χ0n) is 31.5. The summed E-state index contributed by atoms with van der Waals surface area (Å²) in [5.74, 6) is -1.44. The van der Waals surface area contributed by atoms with Crippen molar-refractivity contribution >= 4 is 35.1 Å². The zero-order valence-corrected chi connectivity index (χ0v) is 33.5. The molecule has 6 heterocycles. The molecule has 55 heavy (non-hydrogen) atoms. The molecule has 4 aliphatic rings. The maximum atomic E-state index is 13.0. The third-order valence-corrected chi connectivity index (χ3v) is 10.5. The molecule has 0 saturated carbocycles. The van der Waals surface area contributed by atoms with Gasteiger partial charge in [0.25, 0.3) is 0 Å². The van der Waals surface area contributed by atoms with Crippen LogP contribution in [0.1, 0.15) is 77.6 Å². The number of piperidine rings is 2. The molecule has 2 aromatic heterocycles. The number of fused-ring (bicyclic) bond motifs is 2. The van der Waals surface area contributed by atoms with E-state index in [0.29, 0.717) is 26.2 Å². The van der Waals surface area contributed by atoms with Crippen molar-refractivity contribution in [2.24, 2.45) is 0 Å². The number of carboxylic acid groups (broad SMARTS) is 1. The Hall–Kier alpha value is -4.48. The smallest absolute Gasteiger partial charge is 0.543 e. The van der Waals surface area contributed by atoms with E-state index in [-0.39, 0.29) is 64.8 Å². The molecule has 4 saturated heterocycles. The molecular weight excluding hydrogens is 715 g/mol. The number of benzene rings is 2. The SMILES string of the molecule is CCOC(=O)c1cn(Cc2cccc(N3CCN4CCCCC4C3=O)c2)nn1.O=C([O-])c1cn(Cc2cccc(N3CCN4CCCCC4C3=O)c2)nn1.[Na+].